The molecule has 0 spiro atoms. The Morgan fingerprint density at radius 3 is 2.42 bits per heavy atom. The number of hydrogen-bond donors (Lipinski definition) is 2. The van der Waals surface area contributed by atoms with Crippen molar-refractivity contribution in [3.05, 3.63) is 94.6 Å². The van der Waals surface area contributed by atoms with E-state index in [2.05, 4.69) is 0 Å². The minimum absolute atomic E-state index is 0.00375. The maximum Gasteiger partial charge on any atom is 0.295 e. The zero-order valence-corrected chi connectivity index (χ0v) is 23.4. The number of carbonyl (C=O) groups is 2. The van der Waals surface area contributed by atoms with Crippen LogP contribution in [0.3, 0.4) is 0 Å². The van der Waals surface area contributed by atoms with Crippen molar-refractivity contribution in [1.82, 2.24) is 9.80 Å². The Morgan fingerprint density at radius 1 is 1.00 bits per heavy atom. The number of nitrogens with zero attached hydrogens (tertiary/aromatic N) is 2. The first-order chi connectivity index (χ1) is 19.2. The number of likely N-dealkylation sites (tertiary alicyclic amines) is 1. The summed E-state index contributed by atoms with van der Waals surface area (Å²) in [7, 11) is 3.88. The van der Waals surface area contributed by atoms with E-state index in [1.807, 2.05) is 56.3 Å². The molecular formula is C32H36N2O6. The molecule has 2 N–H and O–H groups in total. The smallest absolute Gasteiger partial charge is 0.295 e. The largest absolute Gasteiger partial charge is 0.507 e. The topological polar surface area (TPSA) is 99.5 Å². The zero-order valence-electron chi connectivity index (χ0n) is 23.4. The van der Waals surface area contributed by atoms with Crippen molar-refractivity contribution in [2.75, 3.05) is 33.8 Å². The summed E-state index contributed by atoms with van der Waals surface area (Å²) in [5.74, 6) is -0.846. The maximum atomic E-state index is 13.4. The minimum atomic E-state index is -0.838. The number of aryl methyl sites for hydroxylation is 1. The van der Waals surface area contributed by atoms with Crippen molar-refractivity contribution in [2.24, 2.45) is 0 Å². The summed E-state index contributed by atoms with van der Waals surface area (Å²) in [6, 6.07) is 18.9. The van der Waals surface area contributed by atoms with Crippen LogP contribution in [0.2, 0.25) is 0 Å². The van der Waals surface area contributed by atoms with E-state index >= 15 is 0 Å². The van der Waals surface area contributed by atoms with Crippen LogP contribution < -0.4 is 9.47 Å². The van der Waals surface area contributed by atoms with E-state index in [0.717, 1.165) is 12.1 Å². The summed E-state index contributed by atoms with van der Waals surface area (Å²) < 4.78 is 11.5. The number of amides is 1. The Labute approximate surface area is 235 Å². The molecule has 0 bridgehead atoms. The van der Waals surface area contributed by atoms with E-state index < -0.39 is 17.7 Å². The van der Waals surface area contributed by atoms with E-state index in [1.165, 1.54) is 11.0 Å². The third-order valence-corrected chi connectivity index (χ3v) is 6.85. The van der Waals surface area contributed by atoms with Gasteiger partial charge in [-0.25, -0.2) is 0 Å². The number of Topliss-reactive ketones (excluding diaryl/α,β-unsaturated/α-hetero) is 1. The molecule has 0 aliphatic carbocycles. The molecule has 4 rings (SSSR count). The highest BCUT2D eigenvalue weighted by atomic mass is 16.5. The van der Waals surface area contributed by atoms with Crippen LogP contribution in [0.1, 0.15) is 41.6 Å². The quantitative estimate of drug-likeness (QED) is 0.198. The lowest BCUT2D eigenvalue weighted by Gasteiger charge is -2.26. The SMILES string of the molecule is CCOc1cc([C@@H]2/C(=C(\O)c3ccc(OCc4ccccc4)cc3C)C(=O)C(=O)N2CCCN(C)C)ccc1O. The summed E-state index contributed by atoms with van der Waals surface area (Å²) in [5.41, 5.74) is 2.73. The van der Waals surface area contributed by atoms with Gasteiger partial charge in [0.15, 0.2) is 11.5 Å². The van der Waals surface area contributed by atoms with Gasteiger partial charge in [0.05, 0.1) is 18.2 Å². The number of rotatable bonds is 11. The van der Waals surface area contributed by atoms with Gasteiger partial charge in [0.25, 0.3) is 11.7 Å². The summed E-state index contributed by atoms with van der Waals surface area (Å²) in [6.45, 7) is 5.39. The van der Waals surface area contributed by atoms with Crippen molar-refractivity contribution in [3.8, 4) is 17.2 Å². The zero-order chi connectivity index (χ0) is 28.8. The number of phenols is 1. The lowest BCUT2D eigenvalue weighted by atomic mass is 9.93. The van der Waals surface area contributed by atoms with E-state index in [4.69, 9.17) is 9.47 Å². The number of carbonyl (C=O) groups excluding carboxylic acids is 2. The van der Waals surface area contributed by atoms with Crippen molar-refractivity contribution in [2.45, 2.75) is 32.9 Å². The molecule has 210 valence electrons. The van der Waals surface area contributed by atoms with Crippen molar-refractivity contribution < 1.29 is 29.3 Å². The van der Waals surface area contributed by atoms with Gasteiger partial charge >= 0.3 is 0 Å². The first kappa shape index (κ1) is 28.7. The fraction of sp³-hybridized carbons (Fsp3) is 0.312. The normalized spacial score (nSPS) is 16.5. The molecule has 0 aromatic heterocycles. The van der Waals surface area contributed by atoms with Crippen LogP contribution in [0.4, 0.5) is 0 Å². The highest BCUT2D eigenvalue weighted by Crippen LogP contribution is 2.42. The van der Waals surface area contributed by atoms with E-state index in [1.54, 1.807) is 37.3 Å². The molecule has 1 saturated heterocycles. The van der Waals surface area contributed by atoms with E-state index in [-0.39, 0.29) is 22.8 Å². The van der Waals surface area contributed by atoms with Crippen molar-refractivity contribution in [1.29, 1.82) is 0 Å². The molecule has 1 aliphatic rings. The Bertz CT molecular complexity index is 1400. The Morgan fingerprint density at radius 2 is 1.75 bits per heavy atom. The lowest BCUT2D eigenvalue weighted by Crippen LogP contribution is -2.32. The number of aromatic hydroxyl groups is 1. The average Bonchev–Trinajstić information content (AvgIpc) is 3.18. The van der Waals surface area contributed by atoms with Crippen LogP contribution in [0.25, 0.3) is 5.76 Å². The molecular weight excluding hydrogens is 508 g/mol. The maximum absolute atomic E-state index is 13.4. The highest BCUT2D eigenvalue weighted by molar-refractivity contribution is 6.46. The van der Waals surface area contributed by atoms with Crippen LogP contribution in [0, 0.1) is 6.92 Å². The Hall–Kier alpha value is -4.30. The summed E-state index contributed by atoms with van der Waals surface area (Å²) in [4.78, 5) is 30.2. The van der Waals surface area contributed by atoms with Crippen LogP contribution in [-0.4, -0.2) is 65.5 Å². The van der Waals surface area contributed by atoms with Gasteiger partial charge in [0.2, 0.25) is 0 Å². The molecule has 0 saturated carbocycles. The Kier molecular flexibility index (Phi) is 9.11. The second-order valence-electron chi connectivity index (χ2n) is 10.1. The molecule has 3 aromatic rings. The van der Waals surface area contributed by atoms with Gasteiger partial charge in [-0.05, 0) is 87.9 Å². The number of aliphatic hydroxyl groups excluding tert-OH is 1. The highest BCUT2D eigenvalue weighted by Gasteiger charge is 2.46. The van der Waals surface area contributed by atoms with Crippen molar-refractivity contribution in [3.63, 3.8) is 0 Å². The second kappa shape index (κ2) is 12.7. The Balaban J connectivity index is 1.72. The molecule has 8 heteroatoms. The molecule has 1 heterocycles. The minimum Gasteiger partial charge on any atom is -0.507 e. The molecule has 0 radical (unpaired) electrons. The lowest BCUT2D eigenvalue weighted by molar-refractivity contribution is -0.139. The standard InChI is InChI=1S/C32H36N2O6/c1-5-39-27-19-23(12-15-26(27)35)29-28(31(37)32(38)34(29)17-9-16-33(3)4)30(36)25-14-13-24(18-21(25)2)40-20-22-10-7-6-8-11-22/h6-8,10-15,18-19,29,35-36H,5,9,16-17,20H2,1-4H3/b30-28+/t29-/m1/s1. The van der Waals surface area contributed by atoms with Gasteiger partial charge in [-0.2, -0.15) is 0 Å². The molecule has 8 nitrogen and oxygen atoms in total. The third-order valence-electron chi connectivity index (χ3n) is 6.85. The summed E-state index contributed by atoms with van der Waals surface area (Å²) in [5, 5.41) is 21.8. The first-order valence-electron chi connectivity index (χ1n) is 13.4. The predicted molar refractivity (Wildman–Crippen MR) is 153 cm³/mol. The number of ether oxygens (including phenoxy) is 2. The fourth-order valence-corrected chi connectivity index (χ4v) is 4.86. The summed E-state index contributed by atoms with van der Waals surface area (Å²) in [6.07, 6.45) is 0.638. The molecule has 1 fully saturated rings. The number of benzene rings is 3. The van der Waals surface area contributed by atoms with Gasteiger partial charge in [-0.1, -0.05) is 36.4 Å². The third kappa shape index (κ3) is 6.29. The monoisotopic (exact) mass is 544 g/mol. The van der Waals surface area contributed by atoms with Gasteiger partial charge in [0, 0.05) is 12.1 Å². The van der Waals surface area contributed by atoms with Crippen LogP contribution in [-0.2, 0) is 16.2 Å². The second-order valence-corrected chi connectivity index (χ2v) is 10.1. The molecule has 0 unspecified atom stereocenters. The average molecular weight is 545 g/mol. The summed E-state index contributed by atoms with van der Waals surface area (Å²) >= 11 is 0. The number of phenolic OH excluding ortho intramolecular Hbond substituents is 1. The van der Waals surface area contributed by atoms with Crippen LogP contribution in [0.15, 0.2) is 72.3 Å². The molecule has 1 aliphatic heterocycles. The number of aliphatic hydroxyl groups is 1. The van der Waals surface area contributed by atoms with Gasteiger partial charge in [-0.15, -0.1) is 0 Å². The fourth-order valence-electron chi connectivity index (χ4n) is 4.86. The number of ketones is 1. The first-order valence-corrected chi connectivity index (χ1v) is 13.4. The van der Waals surface area contributed by atoms with E-state index in [9.17, 15) is 19.8 Å². The molecule has 40 heavy (non-hydrogen) atoms. The molecule has 3 aromatic carbocycles. The van der Waals surface area contributed by atoms with Gasteiger partial charge in [-0.3, -0.25) is 9.59 Å². The van der Waals surface area contributed by atoms with Crippen LogP contribution in [0.5, 0.6) is 17.2 Å². The van der Waals surface area contributed by atoms with Gasteiger partial charge in [0.1, 0.15) is 18.1 Å². The van der Waals surface area contributed by atoms with Gasteiger partial charge < -0.3 is 29.5 Å². The van der Waals surface area contributed by atoms with Crippen molar-refractivity contribution >= 4 is 17.4 Å². The van der Waals surface area contributed by atoms with E-state index in [0.29, 0.717) is 48.6 Å². The molecule has 1 amide bonds. The van der Waals surface area contributed by atoms with Crippen LogP contribution >= 0.6 is 0 Å². The number of hydrogen-bond acceptors (Lipinski definition) is 7. The molecule has 1 atom stereocenters. The predicted octanol–water partition coefficient (Wildman–Crippen LogP) is 5.05.